The number of carbonyl (C=O) groups excluding carboxylic acids is 2. The van der Waals surface area contributed by atoms with E-state index in [0.717, 1.165) is 29.0 Å². The molecule has 1 saturated heterocycles. The molecule has 0 unspecified atom stereocenters. The van der Waals surface area contributed by atoms with E-state index < -0.39 is 0 Å². The number of hydrogen-bond donors (Lipinski definition) is 1. The first-order valence-corrected chi connectivity index (χ1v) is 10.4. The minimum absolute atomic E-state index is 0.112. The van der Waals surface area contributed by atoms with Crippen molar-refractivity contribution >= 4 is 39.1 Å². The molecule has 6 nitrogen and oxygen atoms in total. The molecule has 2 aromatic rings. The molecule has 3 rings (SSSR count). The van der Waals surface area contributed by atoms with E-state index in [9.17, 15) is 9.59 Å². The van der Waals surface area contributed by atoms with Gasteiger partial charge in [0, 0.05) is 43.7 Å². The second-order valence-electron chi connectivity index (χ2n) is 6.21. The van der Waals surface area contributed by atoms with E-state index in [1.807, 2.05) is 22.4 Å². The Hall–Kier alpha value is -1.90. The Kier molecular flexibility index (Phi) is 6.87. The van der Waals surface area contributed by atoms with Gasteiger partial charge >= 0.3 is 0 Å². The van der Waals surface area contributed by atoms with Crippen molar-refractivity contribution in [3.05, 3.63) is 50.6 Å². The highest BCUT2D eigenvalue weighted by molar-refractivity contribution is 9.10. The van der Waals surface area contributed by atoms with Gasteiger partial charge in [-0.25, -0.2) is 0 Å². The van der Waals surface area contributed by atoms with E-state index in [0.29, 0.717) is 30.9 Å². The normalized spacial score (nSPS) is 14.8. The van der Waals surface area contributed by atoms with Crippen molar-refractivity contribution in [1.29, 1.82) is 0 Å². The molecule has 1 fully saturated rings. The zero-order valence-corrected chi connectivity index (χ0v) is 17.5. The van der Waals surface area contributed by atoms with Gasteiger partial charge in [0.15, 0.2) is 0 Å². The van der Waals surface area contributed by atoms with Crippen LogP contribution in [0.1, 0.15) is 20.0 Å². The predicted octanol–water partition coefficient (Wildman–Crippen LogP) is 2.71. The zero-order valence-electron chi connectivity index (χ0n) is 15.1. The van der Waals surface area contributed by atoms with Gasteiger partial charge in [0.1, 0.15) is 5.75 Å². The quantitative estimate of drug-likeness (QED) is 0.733. The predicted molar refractivity (Wildman–Crippen MR) is 110 cm³/mol. The Morgan fingerprint density at radius 3 is 2.67 bits per heavy atom. The number of rotatable bonds is 6. The summed E-state index contributed by atoms with van der Waals surface area (Å²) in [5.41, 5.74) is 0.556. The molecular formula is C19H22BrN3O3S. The van der Waals surface area contributed by atoms with Gasteiger partial charge < -0.3 is 15.0 Å². The first-order chi connectivity index (χ1) is 13.1. The number of nitrogens with zero attached hydrogens (tertiary/aromatic N) is 2. The third kappa shape index (κ3) is 5.09. The van der Waals surface area contributed by atoms with Crippen LogP contribution >= 0.6 is 27.3 Å². The fourth-order valence-electron chi connectivity index (χ4n) is 2.96. The first kappa shape index (κ1) is 19.9. The number of nitrogens with one attached hydrogen (secondary N) is 1. The van der Waals surface area contributed by atoms with Gasteiger partial charge in [-0.2, -0.15) is 0 Å². The lowest BCUT2D eigenvalue weighted by Gasteiger charge is -2.34. The van der Waals surface area contributed by atoms with Crippen LogP contribution in [-0.4, -0.2) is 68.0 Å². The lowest BCUT2D eigenvalue weighted by molar-refractivity contribution is 0.0642. The van der Waals surface area contributed by atoms with Crippen molar-refractivity contribution in [2.75, 3.05) is 46.4 Å². The van der Waals surface area contributed by atoms with Crippen LogP contribution < -0.4 is 10.1 Å². The largest absolute Gasteiger partial charge is 0.497 e. The highest BCUT2D eigenvalue weighted by Crippen LogP contribution is 2.22. The van der Waals surface area contributed by atoms with Crippen LogP contribution in [0.2, 0.25) is 0 Å². The molecule has 0 bridgehead atoms. The van der Waals surface area contributed by atoms with Gasteiger partial charge in [0.25, 0.3) is 11.8 Å². The average Bonchev–Trinajstić information content (AvgIpc) is 3.23. The molecule has 2 amide bonds. The number of halogens is 1. The minimum atomic E-state index is -0.132. The lowest BCUT2D eigenvalue weighted by Crippen LogP contribution is -2.50. The number of thiophene rings is 1. The summed E-state index contributed by atoms with van der Waals surface area (Å²) in [5.74, 6) is 0.628. The van der Waals surface area contributed by atoms with Gasteiger partial charge in [0.2, 0.25) is 0 Å². The first-order valence-electron chi connectivity index (χ1n) is 8.75. The highest BCUT2D eigenvalue weighted by atomic mass is 79.9. The van der Waals surface area contributed by atoms with Gasteiger partial charge in [0.05, 0.1) is 17.6 Å². The van der Waals surface area contributed by atoms with Crippen LogP contribution in [0.5, 0.6) is 5.75 Å². The summed E-state index contributed by atoms with van der Waals surface area (Å²) in [6.45, 7) is 4.37. The van der Waals surface area contributed by atoms with Gasteiger partial charge in [-0.1, -0.05) is 6.07 Å². The number of amides is 2. The Labute approximate surface area is 171 Å². The molecule has 2 heterocycles. The summed E-state index contributed by atoms with van der Waals surface area (Å²) < 4.78 is 5.91. The van der Waals surface area contributed by atoms with Gasteiger partial charge in [-0.3, -0.25) is 14.5 Å². The third-order valence-corrected chi connectivity index (χ3v) is 6.07. The smallest absolute Gasteiger partial charge is 0.264 e. The molecule has 0 spiro atoms. The molecule has 0 atom stereocenters. The highest BCUT2D eigenvalue weighted by Gasteiger charge is 2.22. The molecule has 1 aliphatic rings. The van der Waals surface area contributed by atoms with Crippen molar-refractivity contribution in [3.8, 4) is 5.75 Å². The summed E-state index contributed by atoms with van der Waals surface area (Å²) >= 11 is 4.88. The van der Waals surface area contributed by atoms with Crippen LogP contribution in [0.3, 0.4) is 0 Å². The Morgan fingerprint density at radius 1 is 1.22 bits per heavy atom. The van der Waals surface area contributed by atoms with Crippen molar-refractivity contribution < 1.29 is 14.3 Å². The topological polar surface area (TPSA) is 61.9 Å². The molecule has 27 heavy (non-hydrogen) atoms. The number of benzene rings is 1. The summed E-state index contributed by atoms with van der Waals surface area (Å²) in [6.07, 6.45) is 0. The second kappa shape index (κ2) is 9.34. The van der Waals surface area contributed by atoms with Crippen LogP contribution in [0.4, 0.5) is 0 Å². The summed E-state index contributed by atoms with van der Waals surface area (Å²) in [4.78, 5) is 29.7. The summed E-state index contributed by atoms with van der Waals surface area (Å²) in [6, 6.07) is 9.09. The maximum atomic E-state index is 12.4. The molecule has 1 aromatic heterocycles. The number of methoxy groups -OCH3 is 1. The van der Waals surface area contributed by atoms with Crippen LogP contribution in [0, 0.1) is 0 Å². The lowest BCUT2D eigenvalue weighted by atomic mass is 10.2. The molecule has 1 N–H and O–H groups in total. The molecule has 1 aliphatic heterocycles. The van der Waals surface area contributed by atoms with Crippen molar-refractivity contribution in [3.63, 3.8) is 0 Å². The molecule has 0 saturated carbocycles. The maximum absolute atomic E-state index is 12.4. The fourth-order valence-corrected chi connectivity index (χ4v) is 4.08. The van der Waals surface area contributed by atoms with E-state index in [-0.39, 0.29) is 11.8 Å². The molecule has 0 radical (unpaired) electrons. The second-order valence-corrected chi connectivity index (χ2v) is 8.01. The Balaban J connectivity index is 1.43. The number of piperazine rings is 1. The van der Waals surface area contributed by atoms with E-state index in [4.69, 9.17) is 4.74 Å². The minimum Gasteiger partial charge on any atom is -0.497 e. The summed E-state index contributed by atoms with van der Waals surface area (Å²) in [5, 5.41) is 4.87. The van der Waals surface area contributed by atoms with Gasteiger partial charge in [-0.05, 0) is 45.6 Å². The van der Waals surface area contributed by atoms with E-state index in [1.54, 1.807) is 25.3 Å². The number of hydrogen-bond acceptors (Lipinski definition) is 5. The number of ether oxygens (including phenoxy) is 1. The van der Waals surface area contributed by atoms with Crippen molar-refractivity contribution in [2.45, 2.75) is 0 Å². The molecule has 8 heteroatoms. The number of carbonyl (C=O) groups is 2. The van der Waals surface area contributed by atoms with Crippen LogP contribution in [0.25, 0.3) is 0 Å². The third-order valence-electron chi connectivity index (χ3n) is 4.52. The van der Waals surface area contributed by atoms with E-state index in [2.05, 4.69) is 26.1 Å². The monoisotopic (exact) mass is 451 g/mol. The Bertz CT molecular complexity index is 790. The molecular weight excluding hydrogens is 430 g/mol. The fraction of sp³-hybridized carbons (Fsp3) is 0.368. The molecule has 144 valence electrons. The average molecular weight is 452 g/mol. The Morgan fingerprint density at radius 2 is 2.00 bits per heavy atom. The van der Waals surface area contributed by atoms with Crippen molar-refractivity contribution in [2.24, 2.45) is 0 Å². The molecule has 1 aromatic carbocycles. The molecule has 0 aliphatic carbocycles. The van der Waals surface area contributed by atoms with E-state index in [1.165, 1.54) is 11.3 Å². The van der Waals surface area contributed by atoms with E-state index >= 15 is 0 Å². The SMILES string of the molecule is COc1ccc(Br)c(C(=O)NCCN2CCN(C(=O)c3cccs3)CC2)c1. The van der Waals surface area contributed by atoms with Crippen LogP contribution in [0.15, 0.2) is 40.2 Å². The standard InChI is InChI=1S/C19H22BrN3O3S/c1-26-14-4-5-16(20)15(13-14)18(24)21-6-7-22-8-10-23(11-9-22)19(25)17-3-2-12-27-17/h2-5,12-13H,6-11H2,1H3,(H,21,24). The van der Waals surface area contributed by atoms with Crippen molar-refractivity contribution in [1.82, 2.24) is 15.1 Å². The zero-order chi connectivity index (χ0) is 19.2. The van der Waals surface area contributed by atoms with Crippen LogP contribution in [-0.2, 0) is 0 Å². The summed E-state index contributed by atoms with van der Waals surface area (Å²) in [7, 11) is 1.58. The maximum Gasteiger partial charge on any atom is 0.264 e. The van der Waals surface area contributed by atoms with Gasteiger partial charge in [-0.15, -0.1) is 11.3 Å².